The van der Waals surface area contributed by atoms with Gasteiger partial charge in [0.1, 0.15) is 0 Å². The third-order valence-electron chi connectivity index (χ3n) is 5.02. The van der Waals surface area contributed by atoms with Gasteiger partial charge in [-0.3, -0.25) is 9.59 Å². The lowest BCUT2D eigenvalue weighted by molar-refractivity contribution is 0.0786. The van der Waals surface area contributed by atoms with Gasteiger partial charge in [0.2, 0.25) is 0 Å². The first kappa shape index (κ1) is 20.9. The lowest BCUT2D eigenvalue weighted by Crippen LogP contribution is -2.30. The standard InChI is InChI=1S/C21H25N3O2.ClH/c1-23(2)20(25)16-9-6-10-17(11-16)21(26)24-13-18(12-22)19(14-24)15-7-4-3-5-8-15;/h3-11,18-19H,12-14,22H2,1-2H3;1H/t18-,19+;/m1./s1. The molecule has 27 heavy (non-hydrogen) atoms. The van der Waals surface area contributed by atoms with Crippen LogP contribution < -0.4 is 5.73 Å². The summed E-state index contributed by atoms with van der Waals surface area (Å²) in [5.41, 5.74) is 8.26. The van der Waals surface area contributed by atoms with Crippen LogP contribution in [0.1, 0.15) is 32.2 Å². The zero-order valence-electron chi connectivity index (χ0n) is 15.7. The van der Waals surface area contributed by atoms with Gasteiger partial charge in [0, 0.05) is 44.2 Å². The summed E-state index contributed by atoms with van der Waals surface area (Å²) >= 11 is 0. The van der Waals surface area contributed by atoms with E-state index in [-0.39, 0.29) is 36.1 Å². The zero-order chi connectivity index (χ0) is 18.7. The van der Waals surface area contributed by atoms with E-state index in [1.54, 1.807) is 38.4 Å². The normalized spacial score (nSPS) is 18.7. The van der Waals surface area contributed by atoms with Gasteiger partial charge in [0.25, 0.3) is 11.8 Å². The number of rotatable bonds is 4. The molecule has 0 saturated carbocycles. The van der Waals surface area contributed by atoms with Gasteiger partial charge in [-0.05, 0) is 36.2 Å². The number of likely N-dealkylation sites (tertiary alicyclic amines) is 1. The minimum atomic E-state index is -0.108. The van der Waals surface area contributed by atoms with Gasteiger partial charge < -0.3 is 15.5 Å². The average Bonchev–Trinajstić information content (AvgIpc) is 3.12. The van der Waals surface area contributed by atoms with E-state index in [1.807, 2.05) is 23.1 Å². The lowest BCUT2D eigenvalue weighted by atomic mass is 9.89. The molecule has 0 aliphatic carbocycles. The lowest BCUT2D eigenvalue weighted by Gasteiger charge is -2.17. The van der Waals surface area contributed by atoms with Gasteiger partial charge in [0.05, 0.1) is 0 Å². The summed E-state index contributed by atoms with van der Waals surface area (Å²) < 4.78 is 0. The summed E-state index contributed by atoms with van der Waals surface area (Å²) in [5.74, 6) is 0.336. The van der Waals surface area contributed by atoms with Gasteiger partial charge in [-0.25, -0.2) is 0 Å². The first-order valence-electron chi connectivity index (χ1n) is 8.87. The van der Waals surface area contributed by atoms with Crippen molar-refractivity contribution < 1.29 is 9.59 Å². The second-order valence-corrected chi connectivity index (χ2v) is 7.00. The van der Waals surface area contributed by atoms with E-state index in [1.165, 1.54) is 10.5 Å². The quantitative estimate of drug-likeness (QED) is 0.876. The molecule has 5 nitrogen and oxygen atoms in total. The predicted octanol–water partition coefficient (Wildman–Crippen LogP) is 2.62. The highest BCUT2D eigenvalue weighted by Crippen LogP contribution is 2.32. The van der Waals surface area contributed by atoms with Gasteiger partial charge in [-0.1, -0.05) is 36.4 Å². The molecule has 2 atom stereocenters. The van der Waals surface area contributed by atoms with Crippen LogP contribution in [0.5, 0.6) is 0 Å². The van der Waals surface area contributed by atoms with E-state index in [4.69, 9.17) is 5.73 Å². The van der Waals surface area contributed by atoms with Crippen molar-refractivity contribution in [1.29, 1.82) is 0 Å². The van der Waals surface area contributed by atoms with Crippen LogP contribution in [0.2, 0.25) is 0 Å². The fourth-order valence-electron chi connectivity index (χ4n) is 3.58. The fourth-order valence-corrected chi connectivity index (χ4v) is 3.58. The number of hydrogen-bond donors (Lipinski definition) is 1. The van der Waals surface area contributed by atoms with Crippen molar-refractivity contribution in [3.8, 4) is 0 Å². The molecule has 3 rings (SSSR count). The highest BCUT2D eigenvalue weighted by molar-refractivity contribution is 5.99. The molecule has 1 aliphatic rings. The minimum absolute atomic E-state index is 0. The monoisotopic (exact) mass is 387 g/mol. The molecule has 6 heteroatoms. The van der Waals surface area contributed by atoms with Crippen LogP contribution in [-0.2, 0) is 0 Å². The third-order valence-corrected chi connectivity index (χ3v) is 5.02. The van der Waals surface area contributed by atoms with Gasteiger partial charge in [-0.15, -0.1) is 12.4 Å². The number of benzene rings is 2. The molecule has 0 spiro atoms. The molecule has 2 amide bonds. The van der Waals surface area contributed by atoms with Crippen molar-refractivity contribution in [2.24, 2.45) is 11.7 Å². The van der Waals surface area contributed by atoms with Crippen molar-refractivity contribution in [2.45, 2.75) is 5.92 Å². The molecule has 1 aliphatic heterocycles. The molecule has 0 radical (unpaired) electrons. The van der Waals surface area contributed by atoms with Gasteiger partial charge in [-0.2, -0.15) is 0 Å². The van der Waals surface area contributed by atoms with Crippen LogP contribution >= 0.6 is 12.4 Å². The molecule has 144 valence electrons. The topological polar surface area (TPSA) is 66.6 Å². The van der Waals surface area contributed by atoms with Gasteiger partial charge in [0.15, 0.2) is 0 Å². The number of nitrogens with two attached hydrogens (primary N) is 1. The van der Waals surface area contributed by atoms with Crippen molar-refractivity contribution >= 4 is 24.2 Å². The smallest absolute Gasteiger partial charge is 0.253 e. The zero-order valence-corrected chi connectivity index (χ0v) is 16.5. The number of nitrogens with zero attached hydrogens (tertiary/aromatic N) is 2. The number of halogens is 1. The Hall–Kier alpha value is -2.37. The molecule has 1 heterocycles. The fraction of sp³-hybridized carbons (Fsp3) is 0.333. The van der Waals surface area contributed by atoms with Crippen molar-refractivity contribution in [3.05, 3.63) is 71.3 Å². The van der Waals surface area contributed by atoms with E-state index >= 15 is 0 Å². The SMILES string of the molecule is CN(C)C(=O)c1cccc(C(=O)N2C[C@@H](CN)[C@H](c3ccccc3)C2)c1.Cl. The molecule has 0 unspecified atom stereocenters. The highest BCUT2D eigenvalue weighted by Gasteiger charge is 2.35. The molecule has 2 aromatic rings. The molecule has 1 saturated heterocycles. The summed E-state index contributed by atoms with van der Waals surface area (Å²) in [6.07, 6.45) is 0. The average molecular weight is 388 g/mol. The summed E-state index contributed by atoms with van der Waals surface area (Å²) in [4.78, 5) is 28.5. The maximum absolute atomic E-state index is 13.0. The first-order valence-corrected chi connectivity index (χ1v) is 8.87. The summed E-state index contributed by atoms with van der Waals surface area (Å²) in [6, 6.07) is 17.2. The van der Waals surface area contributed by atoms with E-state index in [9.17, 15) is 9.59 Å². The molecular formula is C21H26ClN3O2. The Morgan fingerprint density at radius 1 is 1.04 bits per heavy atom. The molecule has 1 fully saturated rings. The van der Waals surface area contributed by atoms with Crippen LogP contribution in [-0.4, -0.2) is 55.3 Å². The van der Waals surface area contributed by atoms with E-state index in [2.05, 4.69) is 12.1 Å². The van der Waals surface area contributed by atoms with Crippen LogP contribution in [0.15, 0.2) is 54.6 Å². The second-order valence-electron chi connectivity index (χ2n) is 7.00. The minimum Gasteiger partial charge on any atom is -0.345 e. The Morgan fingerprint density at radius 3 is 2.33 bits per heavy atom. The molecular weight excluding hydrogens is 362 g/mol. The molecule has 2 N–H and O–H groups in total. The van der Waals surface area contributed by atoms with Crippen LogP contribution in [0.3, 0.4) is 0 Å². The largest absolute Gasteiger partial charge is 0.345 e. The Morgan fingerprint density at radius 2 is 1.70 bits per heavy atom. The number of carbonyl (C=O) groups is 2. The molecule has 2 aromatic carbocycles. The third kappa shape index (κ3) is 4.49. The van der Waals surface area contributed by atoms with Gasteiger partial charge >= 0.3 is 0 Å². The molecule has 0 bridgehead atoms. The van der Waals surface area contributed by atoms with Crippen LogP contribution in [0.4, 0.5) is 0 Å². The summed E-state index contributed by atoms with van der Waals surface area (Å²) in [6.45, 7) is 1.83. The number of carbonyl (C=O) groups excluding carboxylic acids is 2. The van der Waals surface area contributed by atoms with E-state index in [0.29, 0.717) is 30.8 Å². The predicted molar refractivity (Wildman–Crippen MR) is 109 cm³/mol. The maximum atomic E-state index is 13.0. The van der Waals surface area contributed by atoms with Crippen molar-refractivity contribution in [3.63, 3.8) is 0 Å². The Kier molecular flexibility index (Phi) is 6.99. The summed E-state index contributed by atoms with van der Waals surface area (Å²) in [7, 11) is 3.40. The number of amides is 2. The Labute approximate surface area is 166 Å². The Balaban J connectivity index is 0.00000261. The second kappa shape index (κ2) is 9.02. The highest BCUT2D eigenvalue weighted by atomic mass is 35.5. The van der Waals surface area contributed by atoms with Crippen LogP contribution in [0.25, 0.3) is 0 Å². The van der Waals surface area contributed by atoms with Crippen LogP contribution in [0, 0.1) is 5.92 Å². The Bertz CT molecular complexity index is 795. The summed E-state index contributed by atoms with van der Waals surface area (Å²) in [5, 5.41) is 0. The van der Waals surface area contributed by atoms with Crippen molar-refractivity contribution in [2.75, 3.05) is 33.7 Å². The van der Waals surface area contributed by atoms with Crippen molar-refractivity contribution in [1.82, 2.24) is 9.80 Å². The number of hydrogen-bond acceptors (Lipinski definition) is 3. The van der Waals surface area contributed by atoms with E-state index in [0.717, 1.165) is 0 Å². The van der Waals surface area contributed by atoms with E-state index < -0.39 is 0 Å². The maximum Gasteiger partial charge on any atom is 0.253 e. The first-order chi connectivity index (χ1) is 12.5. The molecule has 0 aromatic heterocycles.